The van der Waals surface area contributed by atoms with E-state index in [1.54, 1.807) is 5.38 Å². The van der Waals surface area contributed by atoms with Crippen LogP contribution in [0, 0.1) is 0 Å². The molecule has 1 atom stereocenters. The molecule has 0 saturated heterocycles. The molecule has 6 nitrogen and oxygen atoms in total. The molecular weight excluding hydrogens is 312 g/mol. The highest BCUT2D eigenvalue weighted by Crippen LogP contribution is 2.24. The first-order chi connectivity index (χ1) is 11.2. The summed E-state index contributed by atoms with van der Waals surface area (Å²) in [5, 5.41) is 9.07. The fraction of sp³-hybridized carbons (Fsp3) is 0.312. The zero-order chi connectivity index (χ0) is 16.2. The third kappa shape index (κ3) is 3.68. The van der Waals surface area contributed by atoms with Crippen LogP contribution in [0.3, 0.4) is 0 Å². The van der Waals surface area contributed by atoms with E-state index in [1.165, 1.54) is 18.4 Å². The van der Waals surface area contributed by atoms with Crippen LogP contribution in [0.15, 0.2) is 34.6 Å². The van der Waals surface area contributed by atoms with Crippen LogP contribution in [0.4, 0.5) is 0 Å². The number of rotatable bonds is 4. The molecule has 0 fully saturated rings. The lowest BCUT2D eigenvalue weighted by molar-refractivity contribution is 0.0595. The lowest BCUT2D eigenvalue weighted by Gasteiger charge is -2.09. The van der Waals surface area contributed by atoms with E-state index in [1.807, 2.05) is 18.2 Å². The number of methoxy groups -OCH3 is 1. The molecule has 0 saturated carbocycles. The summed E-state index contributed by atoms with van der Waals surface area (Å²) < 4.78 is 4.69. The second kappa shape index (κ2) is 6.78. The Hall–Kier alpha value is -2.41. The molecule has 1 aliphatic rings. The van der Waals surface area contributed by atoms with Crippen LogP contribution in [-0.2, 0) is 11.3 Å². The van der Waals surface area contributed by atoms with Crippen molar-refractivity contribution in [1.29, 1.82) is 0 Å². The van der Waals surface area contributed by atoms with Gasteiger partial charge in [0.25, 0.3) is 0 Å². The van der Waals surface area contributed by atoms with Gasteiger partial charge in [-0.05, 0) is 18.6 Å². The van der Waals surface area contributed by atoms with Crippen molar-refractivity contribution in [3.05, 3.63) is 40.9 Å². The SMILES string of the molecule is COC(=O)c1csc(-c2cccc(CNC3=NCC(C)N3)c2)n1. The number of thiazole rings is 1. The van der Waals surface area contributed by atoms with Crippen LogP contribution in [0.2, 0.25) is 0 Å². The van der Waals surface area contributed by atoms with Gasteiger partial charge in [0.15, 0.2) is 11.7 Å². The number of nitrogens with zero attached hydrogens (tertiary/aromatic N) is 2. The van der Waals surface area contributed by atoms with Crippen molar-refractivity contribution in [3.8, 4) is 10.6 Å². The van der Waals surface area contributed by atoms with Crippen molar-refractivity contribution in [2.45, 2.75) is 19.5 Å². The Bertz CT molecular complexity index is 741. The van der Waals surface area contributed by atoms with Crippen molar-refractivity contribution in [3.63, 3.8) is 0 Å². The van der Waals surface area contributed by atoms with E-state index in [0.29, 0.717) is 18.3 Å². The smallest absolute Gasteiger partial charge is 0.357 e. The molecule has 1 aromatic carbocycles. The first-order valence-corrected chi connectivity index (χ1v) is 8.21. The number of aliphatic imine (C=N–C) groups is 1. The van der Waals surface area contributed by atoms with Crippen LogP contribution in [0.5, 0.6) is 0 Å². The van der Waals surface area contributed by atoms with E-state index in [0.717, 1.165) is 28.6 Å². The van der Waals surface area contributed by atoms with Crippen molar-refractivity contribution in [1.82, 2.24) is 15.6 Å². The van der Waals surface area contributed by atoms with Crippen molar-refractivity contribution in [2.75, 3.05) is 13.7 Å². The lowest BCUT2D eigenvalue weighted by Crippen LogP contribution is -2.37. The first kappa shape index (κ1) is 15.5. The number of esters is 1. The predicted octanol–water partition coefficient (Wildman–Crippen LogP) is 2.03. The highest BCUT2D eigenvalue weighted by atomic mass is 32.1. The van der Waals surface area contributed by atoms with Gasteiger partial charge in [-0.25, -0.2) is 9.78 Å². The maximum absolute atomic E-state index is 11.5. The van der Waals surface area contributed by atoms with Gasteiger partial charge in [-0.2, -0.15) is 0 Å². The quantitative estimate of drug-likeness (QED) is 0.839. The van der Waals surface area contributed by atoms with Gasteiger partial charge in [-0.15, -0.1) is 11.3 Å². The Kier molecular flexibility index (Phi) is 4.57. The minimum atomic E-state index is -0.412. The highest BCUT2D eigenvalue weighted by Gasteiger charge is 2.13. The molecule has 0 spiro atoms. The van der Waals surface area contributed by atoms with Crippen LogP contribution in [-0.4, -0.2) is 36.6 Å². The molecule has 0 radical (unpaired) electrons. The van der Waals surface area contributed by atoms with Crippen molar-refractivity contribution >= 4 is 23.3 Å². The monoisotopic (exact) mass is 330 g/mol. The Morgan fingerprint density at radius 2 is 2.39 bits per heavy atom. The van der Waals surface area contributed by atoms with E-state index < -0.39 is 5.97 Å². The van der Waals surface area contributed by atoms with E-state index in [4.69, 9.17) is 0 Å². The summed E-state index contributed by atoms with van der Waals surface area (Å²) in [5.41, 5.74) is 2.45. The number of guanidine groups is 1. The van der Waals surface area contributed by atoms with Gasteiger partial charge in [0, 0.05) is 23.5 Å². The van der Waals surface area contributed by atoms with Gasteiger partial charge in [0.1, 0.15) is 5.01 Å². The Balaban J connectivity index is 1.69. The molecule has 3 rings (SSSR count). The van der Waals surface area contributed by atoms with Gasteiger partial charge < -0.3 is 15.4 Å². The molecule has 2 aromatic rings. The number of ether oxygens (including phenoxy) is 1. The molecule has 120 valence electrons. The molecule has 1 unspecified atom stereocenters. The maximum atomic E-state index is 11.5. The second-order valence-electron chi connectivity index (χ2n) is 5.32. The fourth-order valence-corrected chi connectivity index (χ4v) is 3.05. The molecule has 0 aliphatic carbocycles. The minimum absolute atomic E-state index is 0.342. The predicted molar refractivity (Wildman–Crippen MR) is 90.6 cm³/mol. The zero-order valence-electron chi connectivity index (χ0n) is 13.0. The average Bonchev–Trinajstić information content (AvgIpc) is 3.21. The van der Waals surface area contributed by atoms with Gasteiger partial charge in [0.05, 0.1) is 13.7 Å². The highest BCUT2D eigenvalue weighted by molar-refractivity contribution is 7.13. The molecule has 1 aliphatic heterocycles. The standard InChI is InChI=1S/C16H18N4O2S/c1-10-7-17-16(19-10)18-8-11-4-3-5-12(6-11)14-20-13(9-23-14)15(21)22-2/h3-6,9-10H,7-8H2,1-2H3,(H2,17,18,19). The second-order valence-corrected chi connectivity index (χ2v) is 6.18. The molecule has 2 N–H and O–H groups in total. The summed E-state index contributed by atoms with van der Waals surface area (Å²) in [6.07, 6.45) is 0. The molecule has 1 aromatic heterocycles. The van der Waals surface area contributed by atoms with Crippen molar-refractivity contribution in [2.24, 2.45) is 4.99 Å². The third-order valence-corrected chi connectivity index (χ3v) is 4.33. The van der Waals surface area contributed by atoms with E-state index >= 15 is 0 Å². The topological polar surface area (TPSA) is 75.6 Å². The zero-order valence-corrected chi connectivity index (χ0v) is 13.8. The van der Waals surface area contributed by atoms with Gasteiger partial charge in [-0.3, -0.25) is 4.99 Å². The summed E-state index contributed by atoms with van der Waals surface area (Å²) in [4.78, 5) is 20.2. The maximum Gasteiger partial charge on any atom is 0.357 e. The number of benzene rings is 1. The Morgan fingerprint density at radius 3 is 3.13 bits per heavy atom. The number of hydrogen-bond donors (Lipinski definition) is 2. The van der Waals surface area contributed by atoms with Crippen LogP contribution < -0.4 is 10.6 Å². The largest absolute Gasteiger partial charge is 0.464 e. The minimum Gasteiger partial charge on any atom is -0.464 e. The molecule has 23 heavy (non-hydrogen) atoms. The van der Waals surface area contributed by atoms with Gasteiger partial charge in [0.2, 0.25) is 0 Å². The number of carbonyl (C=O) groups excluding carboxylic acids is 1. The number of carbonyl (C=O) groups is 1. The fourth-order valence-electron chi connectivity index (χ4n) is 2.26. The number of aromatic nitrogens is 1. The third-order valence-electron chi connectivity index (χ3n) is 3.44. The summed E-state index contributed by atoms with van der Waals surface area (Å²) in [6.45, 7) is 3.58. The molecular formula is C16H18N4O2S. The molecule has 7 heteroatoms. The summed E-state index contributed by atoms with van der Waals surface area (Å²) in [6, 6.07) is 8.46. The molecule has 0 amide bonds. The number of nitrogens with one attached hydrogen (secondary N) is 2. The van der Waals surface area contributed by atoms with Crippen LogP contribution in [0.1, 0.15) is 23.0 Å². The first-order valence-electron chi connectivity index (χ1n) is 7.33. The van der Waals surface area contributed by atoms with E-state index in [2.05, 4.69) is 38.3 Å². The van der Waals surface area contributed by atoms with E-state index in [9.17, 15) is 4.79 Å². The number of hydrogen-bond acceptors (Lipinski definition) is 7. The lowest BCUT2D eigenvalue weighted by atomic mass is 10.1. The summed E-state index contributed by atoms with van der Waals surface area (Å²) in [5.74, 6) is 0.426. The summed E-state index contributed by atoms with van der Waals surface area (Å²) in [7, 11) is 1.36. The molecule has 2 heterocycles. The van der Waals surface area contributed by atoms with Crippen molar-refractivity contribution < 1.29 is 9.53 Å². The molecule has 0 bridgehead atoms. The van der Waals surface area contributed by atoms with Crippen LogP contribution >= 0.6 is 11.3 Å². The Labute approximate surface area is 138 Å². The Morgan fingerprint density at radius 1 is 1.52 bits per heavy atom. The van der Waals surface area contributed by atoms with E-state index in [-0.39, 0.29) is 0 Å². The normalized spacial score (nSPS) is 16.6. The van der Waals surface area contributed by atoms with Gasteiger partial charge >= 0.3 is 5.97 Å². The summed E-state index contributed by atoms with van der Waals surface area (Å²) >= 11 is 1.43. The average molecular weight is 330 g/mol. The van der Waals surface area contributed by atoms with Crippen LogP contribution in [0.25, 0.3) is 10.6 Å². The van der Waals surface area contributed by atoms with Gasteiger partial charge in [-0.1, -0.05) is 18.2 Å².